The zero-order chi connectivity index (χ0) is 38.7. The van der Waals surface area contributed by atoms with Gasteiger partial charge in [-0.3, -0.25) is 4.79 Å². The number of halogens is 4. The molecule has 1 amide bonds. The van der Waals surface area contributed by atoms with Crippen molar-refractivity contribution >= 4 is 66.5 Å². The van der Waals surface area contributed by atoms with Crippen molar-refractivity contribution in [2.45, 2.75) is 77.5 Å². The number of sulfonamides is 2. The summed E-state index contributed by atoms with van der Waals surface area (Å²) in [5, 5.41) is 2.58. The summed E-state index contributed by atoms with van der Waals surface area (Å²) in [4.78, 5) is 24.6. The molecule has 54 heavy (non-hydrogen) atoms. The Labute approximate surface area is 326 Å². The number of hydrogen-bond donors (Lipinski definition) is 2. The molecule has 17 heteroatoms. The fourth-order valence-electron chi connectivity index (χ4n) is 5.39. The molecule has 0 saturated heterocycles. The van der Waals surface area contributed by atoms with Crippen molar-refractivity contribution in [3.05, 3.63) is 117 Å². The van der Waals surface area contributed by atoms with E-state index in [2.05, 4.69) is 10.1 Å². The van der Waals surface area contributed by atoms with Crippen molar-refractivity contribution in [1.29, 1.82) is 0 Å². The molecule has 0 fully saturated rings. The third kappa shape index (κ3) is 9.75. The number of nitrogen functional groups attached to an aromatic ring is 1. The molecule has 0 aromatic heterocycles. The molecule has 2 heterocycles. The van der Waals surface area contributed by atoms with Gasteiger partial charge in [0.25, 0.3) is 5.91 Å². The maximum atomic E-state index is 13.2. The van der Waals surface area contributed by atoms with E-state index in [9.17, 15) is 35.2 Å². The van der Waals surface area contributed by atoms with Crippen LogP contribution in [0.4, 0.5) is 20.2 Å². The van der Waals surface area contributed by atoms with Crippen molar-refractivity contribution < 1.29 is 39.9 Å². The number of fused-ring (bicyclic) bond motifs is 2. The Morgan fingerprint density at radius 3 is 1.61 bits per heavy atom. The third-order valence-electron chi connectivity index (χ3n) is 7.99. The van der Waals surface area contributed by atoms with Gasteiger partial charge in [0, 0.05) is 53.2 Å². The maximum Gasteiger partial charge on any atom is 0.338 e. The number of esters is 1. The average molecular weight is 830 g/mol. The van der Waals surface area contributed by atoms with E-state index in [-0.39, 0.29) is 65.4 Å². The van der Waals surface area contributed by atoms with Crippen LogP contribution in [-0.4, -0.2) is 56.5 Å². The van der Waals surface area contributed by atoms with Crippen LogP contribution in [0.3, 0.4) is 0 Å². The maximum absolute atomic E-state index is 13.2. The monoisotopic (exact) mass is 828 g/mol. The first kappa shape index (κ1) is 46.0. The highest BCUT2D eigenvalue weighted by Gasteiger charge is 2.39. The first-order valence-corrected chi connectivity index (χ1v) is 19.3. The summed E-state index contributed by atoms with van der Waals surface area (Å²) in [5.74, 6) is -2.00. The highest BCUT2D eigenvalue weighted by atomic mass is 35.5. The molecule has 2 aliphatic heterocycles. The summed E-state index contributed by atoms with van der Waals surface area (Å²) in [6, 6.07) is 16.8. The SMILES string of the molecule is C.C.CC(C)N1Cc2c(C(=O)Nc3ccc(F)c(Cl)c3)cccc2S1(=O)=O.COC(=O)c1cccc2c1CN(C(C)C)S2(=O)=O.Nc1ccc(F)c(Cl)c1. The minimum atomic E-state index is -3.60. The number of benzene rings is 4. The quantitative estimate of drug-likeness (QED) is 0.150. The van der Waals surface area contributed by atoms with Gasteiger partial charge in [0.2, 0.25) is 20.0 Å². The van der Waals surface area contributed by atoms with Gasteiger partial charge in [-0.1, -0.05) is 50.2 Å². The number of methoxy groups -OCH3 is 1. The molecule has 0 atom stereocenters. The lowest BCUT2D eigenvalue weighted by atomic mass is 10.1. The fourth-order valence-corrected chi connectivity index (χ4v) is 9.45. The van der Waals surface area contributed by atoms with Crippen molar-refractivity contribution in [2.24, 2.45) is 0 Å². The van der Waals surface area contributed by atoms with Gasteiger partial charge in [0.15, 0.2) is 0 Å². The predicted molar refractivity (Wildman–Crippen MR) is 209 cm³/mol. The topological polar surface area (TPSA) is 156 Å². The molecule has 294 valence electrons. The smallest absolute Gasteiger partial charge is 0.338 e. The van der Waals surface area contributed by atoms with E-state index >= 15 is 0 Å². The highest BCUT2D eigenvalue weighted by Crippen LogP contribution is 2.35. The Balaban J connectivity index is 0.000000304. The van der Waals surface area contributed by atoms with Crippen molar-refractivity contribution in [1.82, 2.24) is 8.61 Å². The zero-order valence-corrected chi connectivity index (χ0v) is 31.8. The Morgan fingerprint density at radius 1 is 0.741 bits per heavy atom. The Kier molecular flexibility index (Phi) is 15.8. The first-order chi connectivity index (χ1) is 24.3. The molecule has 0 spiro atoms. The molecule has 0 aliphatic carbocycles. The summed E-state index contributed by atoms with van der Waals surface area (Å²) >= 11 is 11.1. The number of amides is 1. The Hall–Kier alpha value is -4.12. The van der Waals surface area contributed by atoms with Crippen LogP contribution in [0, 0.1) is 11.6 Å². The van der Waals surface area contributed by atoms with Gasteiger partial charge in [0.05, 0.1) is 32.5 Å². The van der Waals surface area contributed by atoms with E-state index in [1.165, 1.54) is 64.3 Å². The summed E-state index contributed by atoms with van der Waals surface area (Å²) in [6.07, 6.45) is 0. The molecule has 0 radical (unpaired) electrons. The van der Waals surface area contributed by atoms with Crippen molar-refractivity contribution in [3.63, 3.8) is 0 Å². The predicted octanol–water partition coefficient (Wildman–Crippen LogP) is 8.36. The third-order valence-corrected chi connectivity index (χ3v) is 12.8. The molecular formula is C37H44Cl2F2N4O7S2. The van der Waals surface area contributed by atoms with Crippen molar-refractivity contribution in [2.75, 3.05) is 18.2 Å². The van der Waals surface area contributed by atoms with Gasteiger partial charge >= 0.3 is 5.97 Å². The molecule has 0 saturated carbocycles. The van der Waals surface area contributed by atoms with Crippen LogP contribution < -0.4 is 11.1 Å². The molecule has 0 unspecified atom stereocenters. The Bertz CT molecular complexity index is 2240. The molecule has 4 aromatic carbocycles. The van der Waals surface area contributed by atoms with Gasteiger partial charge in [-0.25, -0.2) is 30.4 Å². The number of nitrogens with one attached hydrogen (secondary N) is 1. The second kappa shape index (κ2) is 18.5. The number of nitrogens with two attached hydrogens (primary N) is 1. The number of anilines is 2. The lowest BCUT2D eigenvalue weighted by Gasteiger charge is -2.18. The van der Waals surface area contributed by atoms with Gasteiger partial charge in [-0.15, -0.1) is 0 Å². The fraction of sp³-hybridized carbons (Fsp3) is 0.297. The van der Waals surface area contributed by atoms with Crippen LogP contribution in [0.15, 0.2) is 82.6 Å². The van der Waals surface area contributed by atoms with Crippen molar-refractivity contribution in [3.8, 4) is 0 Å². The van der Waals surface area contributed by atoms with Crippen LogP contribution in [0.5, 0.6) is 0 Å². The molecule has 6 rings (SSSR count). The highest BCUT2D eigenvalue weighted by molar-refractivity contribution is 7.89. The normalized spacial score (nSPS) is 14.9. The van der Waals surface area contributed by atoms with Gasteiger partial charge in [-0.2, -0.15) is 8.61 Å². The number of nitrogens with zero attached hydrogens (tertiary/aromatic N) is 2. The summed E-state index contributed by atoms with van der Waals surface area (Å²) in [7, 11) is -5.81. The second-order valence-corrected chi connectivity index (χ2v) is 16.6. The molecule has 11 nitrogen and oxygen atoms in total. The van der Waals surface area contributed by atoms with Crippen LogP contribution in [-0.2, 0) is 37.9 Å². The molecular weight excluding hydrogens is 785 g/mol. The van der Waals surface area contributed by atoms with E-state index in [1.807, 2.05) is 0 Å². The minimum absolute atomic E-state index is 0. The van der Waals surface area contributed by atoms with E-state index in [0.29, 0.717) is 28.1 Å². The van der Waals surface area contributed by atoms with Gasteiger partial charge in [-0.05, 0) is 88.4 Å². The van der Waals surface area contributed by atoms with E-state index in [1.54, 1.807) is 45.9 Å². The number of carbonyl (C=O) groups excluding carboxylic acids is 2. The van der Waals surface area contributed by atoms with Crippen LogP contribution >= 0.6 is 23.2 Å². The minimum Gasteiger partial charge on any atom is -0.465 e. The Morgan fingerprint density at radius 2 is 1.19 bits per heavy atom. The molecule has 4 aromatic rings. The van der Waals surface area contributed by atoms with E-state index in [0.717, 1.165) is 6.07 Å². The number of rotatable bonds is 5. The average Bonchev–Trinajstić information content (AvgIpc) is 3.53. The van der Waals surface area contributed by atoms with Crippen LogP contribution in [0.1, 0.15) is 74.4 Å². The number of carbonyl (C=O) groups is 2. The molecule has 3 N–H and O–H groups in total. The first-order valence-electron chi connectivity index (χ1n) is 15.6. The van der Waals surface area contributed by atoms with Crippen LogP contribution in [0.2, 0.25) is 10.0 Å². The lowest BCUT2D eigenvalue weighted by molar-refractivity contribution is 0.0598. The second-order valence-electron chi connectivity index (χ2n) is 12.1. The number of hydrogen-bond acceptors (Lipinski definition) is 8. The standard InChI is InChI=1S/C17H16ClFN2O3S.C12H15NO4S.C6H5ClFN.2CH4/c1-10(2)21-9-13-12(4-3-5-16(13)25(21,23)24)17(22)20-11-6-7-15(19)14(18)8-11;1-8(2)13-7-10-9(12(14)17-3)5-4-6-11(10)18(13,15)16;7-5-3-4(9)1-2-6(5)8;;/h3-8,10H,9H2,1-2H3,(H,20,22);4-6,8H,7H2,1-3H3;1-3H,9H2;2*1H4. The summed E-state index contributed by atoms with van der Waals surface area (Å²) in [5.41, 5.74) is 7.65. The van der Waals surface area contributed by atoms with E-state index in [4.69, 9.17) is 28.9 Å². The van der Waals surface area contributed by atoms with Gasteiger partial charge < -0.3 is 15.8 Å². The number of ether oxygens (including phenoxy) is 1. The largest absolute Gasteiger partial charge is 0.465 e. The summed E-state index contributed by atoms with van der Waals surface area (Å²) < 4.78 is 82.6. The zero-order valence-electron chi connectivity index (χ0n) is 28.7. The lowest BCUT2D eigenvalue weighted by Crippen LogP contribution is -2.31. The molecule has 0 bridgehead atoms. The van der Waals surface area contributed by atoms with Crippen LogP contribution in [0.25, 0.3) is 0 Å². The molecule has 2 aliphatic rings. The summed E-state index contributed by atoms with van der Waals surface area (Å²) in [6.45, 7) is 7.54. The van der Waals surface area contributed by atoms with Gasteiger partial charge in [0.1, 0.15) is 11.6 Å². The van der Waals surface area contributed by atoms with E-state index < -0.39 is 43.6 Å².